The molecule has 0 radical (unpaired) electrons. The average Bonchev–Trinajstić information content (AvgIpc) is 2.60. The third-order valence-corrected chi connectivity index (χ3v) is 3.13. The van der Waals surface area contributed by atoms with Crippen LogP contribution in [0.25, 0.3) is 0 Å². The van der Waals surface area contributed by atoms with Crippen LogP contribution < -0.4 is 10.6 Å². The molecule has 0 aliphatic heterocycles. The van der Waals surface area contributed by atoms with Crippen molar-refractivity contribution >= 4 is 5.91 Å². The topological polar surface area (TPSA) is 41.1 Å². The van der Waals surface area contributed by atoms with Crippen LogP contribution in [0, 0.1) is 0 Å². The lowest BCUT2D eigenvalue weighted by molar-refractivity contribution is -0.139. The van der Waals surface area contributed by atoms with Gasteiger partial charge in [0.25, 0.3) is 0 Å². The molecule has 1 rings (SSSR count). The fourth-order valence-electron chi connectivity index (χ4n) is 2.23. The van der Waals surface area contributed by atoms with Gasteiger partial charge in [0.05, 0.1) is 6.04 Å². The Labute approximate surface area is 99.1 Å². The molecule has 1 atom stereocenters. The van der Waals surface area contributed by atoms with Gasteiger partial charge in [-0.3, -0.25) is 4.79 Å². The highest BCUT2D eigenvalue weighted by molar-refractivity contribution is 5.81. The summed E-state index contributed by atoms with van der Waals surface area (Å²) in [5.74, 6) is -0.601. The fraction of sp³-hybridized carbons (Fsp3) is 0.909. The molecule has 100 valence electrons. The SMILES string of the molecule is CC(NC1(C)CCCC1)C(=O)NCC(F)(F)F. The van der Waals surface area contributed by atoms with E-state index in [2.05, 4.69) is 5.32 Å². The van der Waals surface area contributed by atoms with E-state index in [1.165, 1.54) is 0 Å². The van der Waals surface area contributed by atoms with E-state index in [1.807, 2.05) is 12.2 Å². The average molecular weight is 252 g/mol. The number of rotatable bonds is 4. The van der Waals surface area contributed by atoms with Gasteiger partial charge in [0.2, 0.25) is 5.91 Å². The van der Waals surface area contributed by atoms with Crippen molar-refractivity contribution in [2.45, 2.75) is 57.3 Å². The third kappa shape index (κ3) is 4.93. The summed E-state index contributed by atoms with van der Waals surface area (Å²) in [6.45, 7) is 2.33. The standard InChI is InChI=1S/C11H19F3N2O/c1-8(9(17)15-7-11(12,13)14)16-10(2)5-3-4-6-10/h8,16H,3-7H2,1-2H3,(H,15,17). The molecule has 0 aromatic heterocycles. The number of carbonyl (C=O) groups excluding carboxylic acids is 1. The van der Waals surface area contributed by atoms with Crippen molar-refractivity contribution in [3.8, 4) is 0 Å². The normalized spacial score (nSPS) is 21.2. The number of alkyl halides is 3. The van der Waals surface area contributed by atoms with E-state index in [0.29, 0.717) is 0 Å². The Morgan fingerprint density at radius 1 is 1.35 bits per heavy atom. The summed E-state index contributed by atoms with van der Waals surface area (Å²) < 4.78 is 35.8. The predicted octanol–water partition coefficient (Wildman–Crippen LogP) is 1.98. The second kappa shape index (κ2) is 5.25. The summed E-state index contributed by atoms with van der Waals surface area (Å²) in [4.78, 5) is 11.4. The van der Waals surface area contributed by atoms with E-state index in [4.69, 9.17) is 0 Å². The number of amides is 1. The van der Waals surface area contributed by atoms with Crippen LogP contribution in [0.1, 0.15) is 39.5 Å². The Hall–Kier alpha value is -0.780. The van der Waals surface area contributed by atoms with Gasteiger partial charge in [-0.2, -0.15) is 13.2 Å². The molecule has 17 heavy (non-hydrogen) atoms. The van der Waals surface area contributed by atoms with Crippen LogP contribution in [0.2, 0.25) is 0 Å². The molecule has 0 heterocycles. The third-order valence-electron chi connectivity index (χ3n) is 3.13. The number of nitrogens with one attached hydrogen (secondary N) is 2. The smallest absolute Gasteiger partial charge is 0.346 e. The van der Waals surface area contributed by atoms with Crippen LogP contribution in [-0.2, 0) is 4.79 Å². The van der Waals surface area contributed by atoms with Crippen molar-refractivity contribution in [1.29, 1.82) is 0 Å². The zero-order valence-electron chi connectivity index (χ0n) is 10.2. The quantitative estimate of drug-likeness (QED) is 0.803. The van der Waals surface area contributed by atoms with E-state index in [9.17, 15) is 18.0 Å². The van der Waals surface area contributed by atoms with Crippen molar-refractivity contribution < 1.29 is 18.0 Å². The molecule has 3 nitrogen and oxygen atoms in total. The Balaban J connectivity index is 2.36. The number of hydrogen-bond donors (Lipinski definition) is 2. The lowest BCUT2D eigenvalue weighted by Gasteiger charge is -2.29. The summed E-state index contributed by atoms with van der Waals surface area (Å²) in [5.41, 5.74) is -0.116. The molecule has 1 fully saturated rings. The minimum Gasteiger partial charge on any atom is -0.346 e. The van der Waals surface area contributed by atoms with Crippen molar-refractivity contribution in [1.82, 2.24) is 10.6 Å². The van der Waals surface area contributed by atoms with Crippen molar-refractivity contribution in [3.63, 3.8) is 0 Å². The molecular weight excluding hydrogens is 233 g/mol. The van der Waals surface area contributed by atoms with Crippen LogP contribution >= 0.6 is 0 Å². The Morgan fingerprint density at radius 3 is 2.35 bits per heavy atom. The first-order valence-corrected chi connectivity index (χ1v) is 5.84. The maximum absolute atomic E-state index is 11.9. The van der Waals surface area contributed by atoms with E-state index in [0.717, 1.165) is 25.7 Å². The Bertz CT molecular complexity index is 272. The van der Waals surface area contributed by atoms with Gasteiger partial charge in [-0.15, -0.1) is 0 Å². The highest BCUT2D eigenvalue weighted by Crippen LogP contribution is 2.29. The number of halogens is 3. The van der Waals surface area contributed by atoms with Gasteiger partial charge in [-0.1, -0.05) is 12.8 Å². The van der Waals surface area contributed by atoms with Gasteiger partial charge in [0, 0.05) is 5.54 Å². The van der Waals surface area contributed by atoms with E-state index in [-0.39, 0.29) is 5.54 Å². The van der Waals surface area contributed by atoms with Crippen LogP contribution in [0.3, 0.4) is 0 Å². The first kappa shape index (κ1) is 14.3. The summed E-state index contributed by atoms with van der Waals surface area (Å²) in [5, 5.41) is 5.00. The van der Waals surface area contributed by atoms with Gasteiger partial charge in [-0.25, -0.2) is 0 Å². The van der Waals surface area contributed by atoms with Crippen LogP contribution in [0.5, 0.6) is 0 Å². The van der Waals surface area contributed by atoms with Crippen molar-refractivity contribution in [3.05, 3.63) is 0 Å². The zero-order chi connectivity index (χ0) is 13.1. The Morgan fingerprint density at radius 2 is 1.88 bits per heavy atom. The Kier molecular flexibility index (Phi) is 4.41. The lowest BCUT2D eigenvalue weighted by Crippen LogP contribution is -2.52. The minimum absolute atomic E-state index is 0.116. The van der Waals surface area contributed by atoms with E-state index < -0.39 is 24.7 Å². The van der Waals surface area contributed by atoms with Gasteiger partial charge in [-0.05, 0) is 26.7 Å². The largest absolute Gasteiger partial charge is 0.405 e. The zero-order valence-corrected chi connectivity index (χ0v) is 10.2. The molecular formula is C11H19F3N2O. The molecule has 0 bridgehead atoms. The molecule has 0 spiro atoms. The molecule has 1 aliphatic carbocycles. The van der Waals surface area contributed by atoms with Crippen LogP contribution in [-0.4, -0.2) is 30.2 Å². The minimum atomic E-state index is -4.35. The van der Waals surface area contributed by atoms with Crippen molar-refractivity contribution in [2.75, 3.05) is 6.54 Å². The number of carbonyl (C=O) groups is 1. The molecule has 1 aliphatic rings. The highest BCUT2D eigenvalue weighted by atomic mass is 19.4. The second-order valence-electron chi connectivity index (χ2n) is 4.97. The van der Waals surface area contributed by atoms with Crippen molar-refractivity contribution in [2.24, 2.45) is 0 Å². The summed E-state index contributed by atoms with van der Waals surface area (Å²) >= 11 is 0. The maximum atomic E-state index is 11.9. The summed E-state index contributed by atoms with van der Waals surface area (Å²) in [7, 11) is 0. The van der Waals surface area contributed by atoms with Gasteiger partial charge in [0.1, 0.15) is 6.54 Å². The molecule has 6 heteroatoms. The first-order valence-electron chi connectivity index (χ1n) is 5.84. The van der Waals surface area contributed by atoms with Gasteiger partial charge >= 0.3 is 6.18 Å². The van der Waals surface area contributed by atoms with Crippen LogP contribution in [0.15, 0.2) is 0 Å². The van der Waals surface area contributed by atoms with E-state index >= 15 is 0 Å². The summed E-state index contributed by atoms with van der Waals surface area (Å²) in [6, 6.07) is -0.597. The fourth-order valence-corrected chi connectivity index (χ4v) is 2.23. The molecule has 0 saturated heterocycles. The predicted molar refractivity (Wildman–Crippen MR) is 58.5 cm³/mol. The van der Waals surface area contributed by atoms with Gasteiger partial charge in [0.15, 0.2) is 0 Å². The monoisotopic (exact) mass is 252 g/mol. The lowest BCUT2D eigenvalue weighted by atomic mass is 9.99. The second-order valence-corrected chi connectivity index (χ2v) is 4.97. The van der Waals surface area contributed by atoms with E-state index in [1.54, 1.807) is 6.92 Å². The maximum Gasteiger partial charge on any atom is 0.405 e. The molecule has 2 N–H and O–H groups in total. The van der Waals surface area contributed by atoms with Crippen LogP contribution in [0.4, 0.5) is 13.2 Å². The molecule has 1 amide bonds. The van der Waals surface area contributed by atoms with Gasteiger partial charge < -0.3 is 10.6 Å². The molecule has 0 aromatic carbocycles. The molecule has 1 saturated carbocycles. The molecule has 0 aromatic rings. The first-order chi connectivity index (χ1) is 7.72. The summed E-state index contributed by atoms with van der Waals surface area (Å²) in [6.07, 6.45) is -0.235. The highest BCUT2D eigenvalue weighted by Gasteiger charge is 2.33. The number of hydrogen-bond acceptors (Lipinski definition) is 2. The molecule has 1 unspecified atom stereocenters.